The highest BCUT2D eigenvalue weighted by atomic mass is 15.3. The summed E-state index contributed by atoms with van der Waals surface area (Å²) in [6.45, 7) is -0.325. The zero-order chi connectivity index (χ0) is 12.2. The Balaban J connectivity index is 2.55. The first kappa shape index (κ1) is 2.32. The summed E-state index contributed by atoms with van der Waals surface area (Å²) in [4.78, 5) is 3.82. The second kappa shape index (κ2) is 2.40. The van der Waals surface area contributed by atoms with Crippen molar-refractivity contribution < 1.29 is 8.22 Å². The largest absolute Gasteiger partial charge is 0.250 e. The second-order valence-corrected chi connectivity index (χ2v) is 1.99. The lowest BCUT2D eigenvalue weighted by Crippen LogP contribution is -2.01. The Bertz CT molecular complexity index is 378. The molecule has 2 heterocycles. The molecule has 0 amide bonds. The van der Waals surface area contributed by atoms with E-state index in [-0.39, 0.29) is 18.8 Å². The van der Waals surface area contributed by atoms with Crippen molar-refractivity contribution in [2.24, 2.45) is 0 Å². The van der Waals surface area contributed by atoms with E-state index in [9.17, 15) is 0 Å². The molecule has 0 atom stereocenters. The molecule has 0 aromatic carbocycles. The number of aromatic nitrogens is 3. The number of rotatable bonds is 0. The first-order valence-electron chi connectivity index (χ1n) is 6.04. The molecule has 54 valence electrons. The molecule has 1 aliphatic rings. The van der Waals surface area contributed by atoms with E-state index >= 15 is 0 Å². The van der Waals surface area contributed by atoms with Gasteiger partial charge in [0, 0.05) is 21.2 Å². The van der Waals surface area contributed by atoms with Crippen molar-refractivity contribution in [2.45, 2.75) is 32.1 Å². The average molecular weight is 143 g/mol. The van der Waals surface area contributed by atoms with Crippen LogP contribution in [0.5, 0.6) is 0 Å². The van der Waals surface area contributed by atoms with Crippen LogP contribution in [0.2, 0.25) is 0 Å². The topological polar surface area (TPSA) is 30.7 Å². The van der Waals surface area contributed by atoms with Crippen LogP contribution >= 0.6 is 0 Å². The van der Waals surface area contributed by atoms with Crippen LogP contribution in [0.3, 0.4) is 0 Å². The van der Waals surface area contributed by atoms with Gasteiger partial charge in [-0.1, -0.05) is 6.37 Å². The average Bonchev–Trinajstić information content (AvgIpc) is 2.48. The summed E-state index contributed by atoms with van der Waals surface area (Å²) in [6.07, 6.45) is -6.27. The van der Waals surface area contributed by atoms with E-state index < -0.39 is 19.1 Å². The van der Waals surface area contributed by atoms with Gasteiger partial charge in [0.25, 0.3) is 0 Å². The molecule has 0 fully saturated rings. The lowest BCUT2D eigenvalue weighted by molar-refractivity contribution is 0.575. The molecule has 2 rings (SSSR count). The lowest BCUT2D eigenvalue weighted by Gasteiger charge is -1.96. The normalized spacial score (nSPS) is 42.0. The van der Waals surface area contributed by atoms with Crippen LogP contribution in [0.25, 0.3) is 0 Å². The summed E-state index contributed by atoms with van der Waals surface area (Å²) in [6, 6.07) is 0. The van der Waals surface area contributed by atoms with Gasteiger partial charge in [-0.3, -0.25) is 4.68 Å². The van der Waals surface area contributed by atoms with Crippen LogP contribution in [0.1, 0.15) is 33.2 Å². The lowest BCUT2D eigenvalue weighted by atomic mass is 10.2. The molecule has 0 saturated heterocycles. The summed E-state index contributed by atoms with van der Waals surface area (Å²) in [7, 11) is 0. The summed E-state index contributed by atoms with van der Waals surface area (Å²) in [5, 5.41) is 3.78. The van der Waals surface area contributed by atoms with Crippen molar-refractivity contribution in [1.29, 1.82) is 0 Å². The molecule has 1 aromatic heterocycles. The van der Waals surface area contributed by atoms with Gasteiger partial charge in [0.15, 0.2) is 0 Å². The SMILES string of the molecule is [2H]C1([2H])Cc2ncnn2CC([2H])([2H])C1([2H])[2H]. The number of aryl methyl sites for hydroxylation is 2. The molecular weight excluding hydrogens is 126 g/mol. The number of nitrogens with zero attached hydrogens (tertiary/aromatic N) is 3. The molecule has 3 heteroatoms. The Hall–Kier alpha value is -0.860. The van der Waals surface area contributed by atoms with Gasteiger partial charge in [-0.2, -0.15) is 5.10 Å². The van der Waals surface area contributed by atoms with Crippen LogP contribution in [0, 0.1) is 0 Å². The highest BCUT2D eigenvalue weighted by Gasteiger charge is 2.06. The van der Waals surface area contributed by atoms with Gasteiger partial charge in [-0.25, -0.2) is 4.98 Å². The summed E-state index contributed by atoms with van der Waals surface area (Å²) >= 11 is 0. The van der Waals surface area contributed by atoms with E-state index in [1.165, 1.54) is 11.0 Å². The van der Waals surface area contributed by atoms with Crippen LogP contribution in [-0.2, 0) is 13.0 Å². The van der Waals surface area contributed by atoms with Crippen LogP contribution in [0.15, 0.2) is 6.33 Å². The zero-order valence-corrected chi connectivity index (χ0v) is 5.33. The Morgan fingerprint density at radius 1 is 1.50 bits per heavy atom. The molecule has 10 heavy (non-hydrogen) atoms. The van der Waals surface area contributed by atoms with Crippen molar-refractivity contribution in [3.63, 3.8) is 0 Å². The number of fused-ring (bicyclic) bond motifs is 1. The fraction of sp³-hybridized carbons (Fsp3) is 0.714. The maximum atomic E-state index is 7.66. The van der Waals surface area contributed by atoms with Crippen LogP contribution in [-0.4, -0.2) is 14.8 Å². The summed E-state index contributed by atoms with van der Waals surface area (Å²) < 4.78 is 47.1. The van der Waals surface area contributed by atoms with E-state index in [2.05, 4.69) is 10.1 Å². The Kier molecular flexibility index (Phi) is 0.559. The minimum Gasteiger partial charge on any atom is -0.250 e. The molecule has 0 unspecified atom stereocenters. The fourth-order valence-corrected chi connectivity index (χ4v) is 0.857. The molecule has 1 aromatic rings. The Morgan fingerprint density at radius 2 is 2.50 bits per heavy atom. The van der Waals surface area contributed by atoms with Gasteiger partial charge < -0.3 is 0 Å². The first-order chi connectivity index (χ1) is 7.17. The third kappa shape index (κ3) is 0.916. The molecule has 0 aliphatic carbocycles. The molecule has 0 saturated carbocycles. The molecule has 0 bridgehead atoms. The van der Waals surface area contributed by atoms with Gasteiger partial charge in [0.05, 0.1) is 0 Å². The van der Waals surface area contributed by atoms with E-state index in [0.717, 1.165) is 0 Å². The third-order valence-electron chi connectivity index (χ3n) is 1.35. The predicted octanol–water partition coefficient (Wildman–Crippen LogP) is 1.00. The monoisotopic (exact) mass is 143 g/mol. The van der Waals surface area contributed by atoms with Crippen molar-refractivity contribution in [3.05, 3.63) is 12.2 Å². The Morgan fingerprint density at radius 3 is 3.50 bits per heavy atom. The smallest absolute Gasteiger partial charge is 0.138 e. The van der Waals surface area contributed by atoms with Gasteiger partial charge in [-0.15, -0.1) is 0 Å². The van der Waals surface area contributed by atoms with Crippen molar-refractivity contribution in [1.82, 2.24) is 14.8 Å². The first-order valence-corrected chi connectivity index (χ1v) is 3.04. The van der Waals surface area contributed by atoms with Crippen molar-refractivity contribution in [3.8, 4) is 0 Å². The van der Waals surface area contributed by atoms with Crippen molar-refractivity contribution >= 4 is 0 Å². The van der Waals surface area contributed by atoms with E-state index in [4.69, 9.17) is 8.22 Å². The fourth-order valence-electron chi connectivity index (χ4n) is 0.857. The minimum absolute atomic E-state index is 0.273. The molecule has 0 N–H and O–H groups in total. The van der Waals surface area contributed by atoms with Gasteiger partial charge >= 0.3 is 0 Å². The van der Waals surface area contributed by atoms with Gasteiger partial charge in [-0.05, 0) is 12.7 Å². The van der Waals surface area contributed by atoms with Gasteiger partial charge in [0.2, 0.25) is 0 Å². The van der Waals surface area contributed by atoms with Crippen LogP contribution < -0.4 is 0 Å². The summed E-state index contributed by atoms with van der Waals surface area (Å²) in [5.41, 5.74) is 0. The quantitative estimate of drug-likeness (QED) is 0.542. The number of hydrogen-bond donors (Lipinski definition) is 0. The molecule has 0 radical (unpaired) electrons. The van der Waals surface area contributed by atoms with Gasteiger partial charge in [0.1, 0.15) is 12.2 Å². The number of hydrogen-bond acceptors (Lipinski definition) is 2. The standard InChI is InChI=1S/C7H11N3/c1-2-4-7-8-6-9-10(7)5-3-1/h6H,1-5H2/i1D2,2D2,3D2. The molecule has 0 spiro atoms. The third-order valence-corrected chi connectivity index (χ3v) is 1.35. The molecule has 3 nitrogen and oxygen atoms in total. The van der Waals surface area contributed by atoms with Crippen molar-refractivity contribution in [2.75, 3.05) is 0 Å². The van der Waals surface area contributed by atoms with E-state index in [1.54, 1.807) is 0 Å². The second-order valence-electron chi connectivity index (χ2n) is 1.99. The Labute approximate surface area is 68.5 Å². The van der Waals surface area contributed by atoms with Crippen LogP contribution in [0.4, 0.5) is 0 Å². The predicted molar refractivity (Wildman–Crippen MR) is 37.6 cm³/mol. The summed E-state index contributed by atoms with van der Waals surface area (Å²) in [5.74, 6) is 0.273. The molecule has 1 aliphatic heterocycles. The zero-order valence-electron chi connectivity index (χ0n) is 11.3. The van der Waals surface area contributed by atoms with E-state index in [1.807, 2.05) is 0 Å². The maximum absolute atomic E-state index is 7.66. The minimum atomic E-state index is -2.58. The highest BCUT2D eigenvalue weighted by molar-refractivity contribution is 4.86. The van der Waals surface area contributed by atoms with E-state index in [0.29, 0.717) is 0 Å². The molecular formula is C7H11N3. The highest BCUT2D eigenvalue weighted by Crippen LogP contribution is 2.09. The maximum Gasteiger partial charge on any atom is 0.138 e.